The Morgan fingerprint density at radius 3 is 2.07 bits per heavy atom. The van der Waals surface area contributed by atoms with Gasteiger partial charge < -0.3 is 24.8 Å². The predicted octanol–water partition coefficient (Wildman–Crippen LogP) is 14.4. The fraction of sp³-hybridized carbons (Fsp3) is 0.587. The van der Waals surface area contributed by atoms with Gasteiger partial charge in [0.05, 0.1) is 59.6 Å². The molecule has 11 nitrogen and oxygen atoms in total. The Labute approximate surface area is 467 Å². The van der Waals surface area contributed by atoms with E-state index >= 15 is 4.79 Å². The first-order chi connectivity index (χ1) is 35.5. The summed E-state index contributed by atoms with van der Waals surface area (Å²) < 4.78 is 11.3. The smallest absolute Gasteiger partial charge is 0.515 e. The van der Waals surface area contributed by atoms with Gasteiger partial charge in [-0.15, -0.1) is 0 Å². The van der Waals surface area contributed by atoms with Crippen LogP contribution >= 0.6 is 0 Å². The first-order valence-corrected chi connectivity index (χ1v) is 28.2. The van der Waals surface area contributed by atoms with Crippen LogP contribution in [0.1, 0.15) is 185 Å². The minimum absolute atomic E-state index is 0. The number of amides is 1. The van der Waals surface area contributed by atoms with Crippen LogP contribution in [-0.2, 0) is 23.9 Å². The second-order valence-electron chi connectivity index (χ2n) is 21.9. The summed E-state index contributed by atoms with van der Waals surface area (Å²) in [4.78, 5) is 60.0. The van der Waals surface area contributed by atoms with Gasteiger partial charge >= 0.3 is 35.0 Å². The maximum absolute atomic E-state index is 15.2. The van der Waals surface area contributed by atoms with E-state index in [0.717, 1.165) is 84.8 Å². The van der Waals surface area contributed by atoms with E-state index in [1.54, 1.807) is 6.08 Å². The van der Waals surface area contributed by atoms with Crippen molar-refractivity contribution in [2.24, 2.45) is 44.6 Å². The molecule has 0 aromatic rings. The molecule has 4 atom stereocenters. The van der Waals surface area contributed by atoms with Crippen LogP contribution in [0.15, 0.2) is 131 Å². The van der Waals surface area contributed by atoms with E-state index in [0.29, 0.717) is 88.4 Å². The molecular weight excluding hydrogens is 947 g/mol. The zero-order valence-corrected chi connectivity index (χ0v) is 49.6. The zero-order valence-electron chi connectivity index (χ0n) is 48.2. The molecule has 8 bridgehead atoms. The number of methoxy groups -OCH3 is 1. The Kier molecular flexibility index (Phi) is 25.8. The molecule has 0 aromatic carbocycles. The first-order valence-electron chi connectivity index (χ1n) is 28.2. The molecule has 0 radical (unpaired) electrons. The molecule has 0 aliphatic carbocycles. The van der Waals surface area contributed by atoms with Crippen molar-refractivity contribution in [2.45, 2.75) is 185 Å². The summed E-state index contributed by atoms with van der Waals surface area (Å²) in [5, 5.41) is 14.4. The summed E-state index contributed by atoms with van der Waals surface area (Å²) in [5.41, 5.74) is 11.1. The van der Waals surface area contributed by atoms with Crippen molar-refractivity contribution >= 4 is 58.0 Å². The molecule has 5 aliphatic rings. The standard InChI is InChI=1S/C63H91N5O6.Mg/c1-14-18-32-68(33-19-15-2)63(72)60-46(12)54-37-56-48(17-4)51(39-69)57(65-56)38-55-47(16-3)44(10)52(64-55)36-53-45(11)49(61(66-53)50(62(60)67-54)35-59(71)73-13)29-30-58(70)74-34-31-43(9)28-22-27-42(8)26-21-25-41(7)24-20-23-40(5)6;/h16,31,36-42,45,49,66,69H,3,14-15,17-30,32-35H2,1-2,4-13H3;/q;+2/b43-31?,51-39+,53-36?,54-37?,55-38?,61-50?;. The van der Waals surface area contributed by atoms with E-state index in [1.165, 1.54) is 57.6 Å². The number of nitrogens with zero attached hydrogens (tertiary/aromatic N) is 4. The van der Waals surface area contributed by atoms with Crippen molar-refractivity contribution in [3.05, 3.63) is 116 Å². The number of aliphatic hydroxyl groups excluding tert-OH is 1. The summed E-state index contributed by atoms with van der Waals surface area (Å²) in [6, 6.07) is 0. The largest absolute Gasteiger partial charge is 2.00 e. The minimum atomic E-state index is -0.484. The molecule has 1 saturated heterocycles. The maximum Gasteiger partial charge on any atom is 2.00 e. The molecule has 0 spiro atoms. The van der Waals surface area contributed by atoms with Crippen molar-refractivity contribution in [3.63, 3.8) is 0 Å². The van der Waals surface area contributed by atoms with Gasteiger partial charge in [-0.3, -0.25) is 14.4 Å². The molecule has 12 heteroatoms. The predicted molar refractivity (Wildman–Crippen MR) is 310 cm³/mol. The van der Waals surface area contributed by atoms with Crippen molar-refractivity contribution < 1.29 is 29.0 Å². The van der Waals surface area contributed by atoms with Gasteiger partial charge in [0, 0.05) is 59.5 Å². The zero-order chi connectivity index (χ0) is 54.1. The van der Waals surface area contributed by atoms with Gasteiger partial charge in [-0.1, -0.05) is 131 Å². The molecule has 5 rings (SSSR count). The van der Waals surface area contributed by atoms with E-state index in [2.05, 4.69) is 67.3 Å². The second-order valence-corrected chi connectivity index (χ2v) is 21.9. The molecule has 5 aliphatic heterocycles. The van der Waals surface area contributed by atoms with Crippen molar-refractivity contribution in [1.29, 1.82) is 0 Å². The molecule has 5 heterocycles. The van der Waals surface area contributed by atoms with Crippen LogP contribution < -0.4 is 5.32 Å². The Morgan fingerprint density at radius 2 is 1.47 bits per heavy atom. The number of fused-ring (bicyclic) bond motifs is 5. The topological polar surface area (TPSA) is 142 Å². The number of hydrogen-bond donors (Lipinski definition) is 2. The molecule has 75 heavy (non-hydrogen) atoms. The quantitative estimate of drug-likeness (QED) is 0.0344. The van der Waals surface area contributed by atoms with Gasteiger partial charge in [0.2, 0.25) is 0 Å². The van der Waals surface area contributed by atoms with Crippen LogP contribution in [0.25, 0.3) is 0 Å². The molecular formula is C63H91MgN5O6+2. The normalized spacial score (nSPS) is 19.9. The Hall–Kier alpha value is -4.81. The third-order valence-electron chi connectivity index (χ3n) is 15.7. The number of allylic oxidation sites excluding steroid dienone is 11. The third kappa shape index (κ3) is 16.8. The summed E-state index contributed by atoms with van der Waals surface area (Å²) in [6.07, 6.45) is 26.4. The number of rotatable bonds is 28. The average molecular weight is 1040 g/mol. The van der Waals surface area contributed by atoms with Gasteiger partial charge in [0.25, 0.3) is 5.91 Å². The number of ether oxygens (including phenoxy) is 2. The van der Waals surface area contributed by atoms with Gasteiger partial charge in [-0.2, -0.15) is 0 Å². The molecule has 404 valence electrons. The van der Waals surface area contributed by atoms with Crippen molar-refractivity contribution in [1.82, 2.24) is 10.2 Å². The summed E-state index contributed by atoms with van der Waals surface area (Å²) in [5.74, 6) is 0.897. The number of esters is 2. The molecule has 1 fully saturated rings. The second kappa shape index (κ2) is 30.8. The third-order valence-corrected chi connectivity index (χ3v) is 15.7. The van der Waals surface area contributed by atoms with Gasteiger partial charge in [-0.25, -0.2) is 15.0 Å². The first kappa shape index (κ1) is 62.7. The van der Waals surface area contributed by atoms with E-state index in [-0.39, 0.29) is 66.2 Å². The van der Waals surface area contributed by atoms with Crippen LogP contribution in [0.3, 0.4) is 0 Å². The maximum atomic E-state index is 15.2. The number of nitrogens with one attached hydrogen (secondary N) is 1. The SMILES string of the molecule is C=CC1=C(C)C2=NC1=CC1=NC(=C(CC)/C1=C\O)C=C1N=C(C(CC(=O)OC)=C3NC(=C2)C(C)C3CCC(=O)OCC=C(C)CCCC(C)CCCC(C)CCCC(C)C)C(C(=O)N(CCCC)CCCC)=C1C.[Mg+2]. The Bertz CT molecular complexity index is 2480. The molecule has 4 unspecified atom stereocenters. The van der Waals surface area contributed by atoms with Gasteiger partial charge in [0.1, 0.15) is 6.61 Å². The Balaban J connectivity index is 0.0000122. The molecule has 0 saturated carbocycles. The van der Waals surface area contributed by atoms with Crippen molar-refractivity contribution in [2.75, 3.05) is 26.8 Å². The number of aliphatic hydroxyl groups is 1. The molecule has 0 aromatic heterocycles. The number of carbonyl (C=O) groups excluding carboxylic acids is 3. The number of carbonyl (C=O) groups is 3. The molecule has 2 N–H and O–H groups in total. The van der Waals surface area contributed by atoms with E-state index in [1.807, 2.05) is 50.0 Å². The summed E-state index contributed by atoms with van der Waals surface area (Å²) in [6.45, 7) is 29.3. The number of aliphatic imine (C=N–C) groups is 3. The Morgan fingerprint density at radius 1 is 0.813 bits per heavy atom. The van der Waals surface area contributed by atoms with Crippen LogP contribution in [-0.4, -0.2) is 94.8 Å². The van der Waals surface area contributed by atoms with Crippen LogP contribution in [0.5, 0.6) is 0 Å². The van der Waals surface area contributed by atoms with E-state index in [9.17, 15) is 14.7 Å². The number of hydrogen-bond acceptors (Lipinski definition) is 10. The van der Waals surface area contributed by atoms with Gasteiger partial charge in [-0.05, 0) is 118 Å². The van der Waals surface area contributed by atoms with Gasteiger partial charge in [0.15, 0.2) is 0 Å². The van der Waals surface area contributed by atoms with Crippen LogP contribution in [0, 0.1) is 29.6 Å². The molecule has 1 amide bonds. The summed E-state index contributed by atoms with van der Waals surface area (Å²) >= 11 is 0. The number of unbranched alkanes of at least 4 members (excludes halogenated alkanes) is 2. The fourth-order valence-electron chi connectivity index (χ4n) is 10.8. The summed E-state index contributed by atoms with van der Waals surface area (Å²) in [7, 11) is 1.37. The fourth-order valence-corrected chi connectivity index (χ4v) is 10.8. The van der Waals surface area contributed by atoms with Crippen LogP contribution in [0.4, 0.5) is 0 Å². The average Bonchev–Trinajstić information content (AvgIpc) is 4.07. The monoisotopic (exact) mass is 1040 g/mol. The van der Waals surface area contributed by atoms with Crippen LogP contribution in [0.2, 0.25) is 0 Å². The van der Waals surface area contributed by atoms with Crippen molar-refractivity contribution in [3.8, 4) is 0 Å². The van der Waals surface area contributed by atoms with E-state index in [4.69, 9.17) is 24.5 Å². The minimum Gasteiger partial charge on any atom is -0.515 e. The van der Waals surface area contributed by atoms with E-state index < -0.39 is 5.97 Å².